The minimum atomic E-state index is -1.07. The van der Waals surface area contributed by atoms with Gasteiger partial charge in [0.1, 0.15) is 0 Å². The minimum Gasteiger partial charge on any atom is -0.309 e. The van der Waals surface area contributed by atoms with E-state index in [1.165, 1.54) is 17.3 Å². The average molecular weight is 405 g/mol. The Bertz CT molecular complexity index is 960. The molecule has 3 aliphatic heterocycles. The van der Waals surface area contributed by atoms with Crippen LogP contribution >= 0.6 is 35.0 Å². The molecule has 1 saturated heterocycles. The summed E-state index contributed by atoms with van der Waals surface area (Å²) in [6, 6.07) is 11.0. The number of carbonyl (C=O) groups excluding carboxylic acids is 2. The number of para-hydroxylation sites is 1. The summed E-state index contributed by atoms with van der Waals surface area (Å²) in [6.45, 7) is 0.684. The van der Waals surface area contributed by atoms with Gasteiger partial charge in [0.2, 0.25) is 10.8 Å². The number of nitrogens with zero attached hydrogens (tertiary/aromatic N) is 2. The SMILES string of the molecule is O=C1CS[C@]2(C(=O)N3CCCc4cccc2c43)N1c1cc(Cl)cc(Cl)c1. The number of amides is 2. The van der Waals surface area contributed by atoms with E-state index in [1.807, 2.05) is 17.0 Å². The van der Waals surface area contributed by atoms with Crippen LogP contribution in [0, 0.1) is 0 Å². The maximum absolute atomic E-state index is 13.5. The topological polar surface area (TPSA) is 40.6 Å². The van der Waals surface area contributed by atoms with Gasteiger partial charge < -0.3 is 4.90 Å². The van der Waals surface area contributed by atoms with Crippen LogP contribution in [0.5, 0.6) is 0 Å². The predicted molar refractivity (Wildman–Crippen MR) is 105 cm³/mol. The normalized spacial score (nSPS) is 23.9. The molecular weight excluding hydrogens is 391 g/mol. The first kappa shape index (κ1) is 16.5. The van der Waals surface area contributed by atoms with Gasteiger partial charge in [-0.2, -0.15) is 0 Å². The van der Waals surface area contributed by atoms with Gasteiger partial charge >= 0.3 is 0 Å². The quantitative estimate of drug-likeness (QED) is 0.714. The van der Waals surface area contributed by atoms with Crippen LogP contribution in [-0.2, 0) is 20.9 Å². The van der Waals surface area contributed by atoms with E-state index in [4.69, 9.17) is 23.2 Å². The summed E-state index contributed by atoms with van der Waals surface area (Å²) in [4.78, 5) is 28.8. The Kier molecular flexibility index (Phi) is 3.58. The van der Waals surface area contributed by atoms with Crippen molar-refractivity contribution in [2.45, 2.75) is 17.7 Å². The van der Waals surface area contributed by atoms with Crippen molar-refractivity contribution in [2.75, 3.05) is 22.1 Å². The van der Waals surface area contributed by atoms with E-state index in [2.05, 4.69) is 6.07 Å². The van der Waals surface area contributed by atoms with Gasteiger partial charge in [-0.15, -0.1) is 11.8 Å². The van der Waals surface area contributed by atoms with Crippen LogP contribution in [0.3, 0.4) is 0 Å². The van der Waals surface area contributed by atoms with Crippen molar-refractivity contribution in [3.05, 3.63) is 57.6 Å². The molecule has 0 saturated carbocycles. The van der Waals surface area contributed by atoms with Gasteiger partial charge in [0.05, 0.1) is 11.4 Å². The molecule has 0 unspecified atom stereocenters. The Balaban J connectivity index is 1.77. The molecule has 4 nitrogen and oxygen atoms in total. The fraction of sp³-hybridized carbons (Fsp3) is 0.263. The molecule has 0 radical (unpaired) electrons. The lowest BCUT2D eigenvalue weighted by Crippen LogP contribution is -2.50. The summed E-state index contributed by atoms with van der Waals surface area (Å²) in [5.74, 6) is 0.0821. The monoisotopic (exact) mass is 404 g/mol. The van der Waals surface area contributed by atoms with Gasteiger partial charge in [0.25, 0.3) is 5.91 Å². The highest BCUT2D eigenvalue weighted by atomic mass is 35.5. The Labute approximate surface area is 165 Å². The van der Waals surface area contributed by atoms with E-state index in [9.17, 15) is 9.59 Å². The summed E-state index contributed by atoms with van der Waals surface area (Å²) in [5, 5.41) is 0.876. The van der Waals surface area contributed by atoms with E-state index in [1.54, 1.807) is 23.1 Å². The van der Waals surface area contributed by atoms with Crippen molar-refractivity contribution < 1.29 is 9.59 Å². The van der Waals surface area contributed by atoms with E-state index >= 15 is 0 Å². The highest BCUT2D eigenvalue weighted by Crippen LogP contribution is 2.57. The van der Waals surface area contributed by atoms with Crippen LogP contribution in [0.25, 0.3) is 0 Å². The second-order valence-electron chi connectivity index (χ2n) is 6.66. The number of rotatable bonds is 1. The molecule has 3 heterocycles. The molecule has 7 heteroatoms. The number of hydrogen-bond donors (Lipinski definition) is 0. The first-order valence-electron chi connectivity index (χ1n) is 8.40. The predicted octanol–water partition coefficient (Wildman–Crippen LogP) is 4.22. The molecule has 2 aromatic carbocycles. The molecule has 1 fully saturated rings. The number of aryl methyl sites for hydroxylation is 1. The molecule has 1 spiro atoms. The number of anilines is 2. The van der Waals surface area contributed by atoms with Crippen LogP contribution in [0.15, 0.2) is 36.4 Å². The maximum Gasteiger partial charge on any atom is 0.268 e. The van der Waals surface area contributed by atoms with Crippen LogP contribution in [0.2, 0.25) is 10.0 Å². The van der Waals surface area contributed by atoms with Crippen molar-refractivity contribution in [3.63, 3.8) is 0 Å². The summed E-state index contributed by atoms with van der Waals surface area (Å²) in [6.07, 6.45) is 1.88. The summed E-state index contributed by atoms with van der Waals surface area (Å²) in [7, 11) is 0. The zero-order valence-corrected chi connectivity index (χ0v) is 16.0. The number of hydrogen-bond acceptors (Lipinski definition) is 3. The molecule has 26 heavy (non-hydrogen) atoms. The fourth-order valence-corrected chi connectivity index (χ4v) is 6.11. The molecule has 3 aliphatic rings. The number of thioether (sulfide) groups is 1. The van der Waals surface area contributed by atoms with E-state index < -0.39 is 4.87 Å². The van der Waals surface area contributed by atoms with Crippen molar-refractivity contribution in [1.29, 1.82) is 0 Å². The van der Waals surface area contributed by atoms with E-state index in [0.717, 1.165) is 24.1 Å². The highest BCUT2D eigenvalue weighted by molar-refractivity contribution is 8.02. The molecule has 1 atom stereocenters. The van der Waals surface area contributed by atoms with Crippen molar-refractivity contribution in [2.24, 2.45) is 0 Å². The molecule has 2 aromatic rings. The number of benzene rings is 2. The van der Waals surface area contributed by atoms with Gasteiger partial charge in [-0.05, 0) is 36.6 Å². The first-order valence-corrected chi connectivity index (χ1v) is 10.1. The second kappa shape index (κ2) is 5.65. The second-order valence-corrected chi connectivity index (χ2v) is 8.70. The van der Waals surface area contributed by atoms with Crippen molar-refractivity contribution in [1.82, 2.24) is 0 Å². The van der Waals surface area contributed by atoms with Crippen LogP contribution in [0.4, 0.5) is 11.4 Å². The van der Waals surface area contributed by atoms with Gasteiger partial charge in [0.15, 0.2) is 0 Å². The third kappa shape index (κ3) is 2.05. The zero-order valence-electron chi connectivity index (χ0n) is 13.7. The standard InChI is InChI=1S/C19H14Cl2N2O2S/c20-12-7-13(21)9-14(8-12)23-16(24)10-26-19(23)15-5-1-3-11-4-2-6-22(17(11)15)18(19)25/h1,3,5,7-9H,2,4,6,10H2/t19-/m1/s1. The molecular formula is C19H14Cl2N2O2S. The lowest BCUT2D eigenvalue weighted by Gasteiger charge is -2.33. The average Bonchev–Trinajstić information content (AvgIpc) is 3.08. The minimum absolute atomic E-state index is 0.0494. The fourth-order valence-electron chi connectivity index (χ4n) is 4.25. The van der Waals surface area contributed by atoms with Gasteiger partial charge in [-0.25, -0.2) is 0 Å². The largest absolute Gasteiger partial charge is 0.309 e. The Morgan fingerprint density at radius 2 is 1.85 bits per heavy atom. The maximum atomic E-state index is 13.5. The molecule has 0 aliphatic carbocycles. The molecule has 0 N–H and O–H groups in total. The number of fused-ring (bicyclic) bond motifs is 1. The van der Waals surface area contributed by atoms with Crippen molar-refractivity contribution in [3.8, 4) is 0 Å². The van der Waals surface area contributed by atoms with Gasteiger partial charge in [0, 0.05) is 27.8 Å². The summed E-state index contributed by atoms with van der Waals surface area (Å²) < 4.78 is 0. The van der Waals surface area contributed by atoms with E-state index in [0.29, 0.717) is 22.3 Å². The van der Waals surface area contributed by atoms with Crippen molar-refractivity contribution >= 4 is 58.2 Å². The highest BCUT2D eigenvalue weighted by Gasteiger charge is 2.61. The lowest BCUT2D eigenvalue weighted by atomic mass is 9.98. The molecule has 5 rings (SSSR count). The molecule has 132 valence electrons. The third-order valence-electron chi connectivity index (χ3n) is 5.19. The Morgan fingerprint density at radius 3 is 2.62 bits per heavy atom. The van der Waals surface area contributed by atoms with Crippen LogP contribution in [-0.4, -0.2) is 24.1 Å². The summed E-state index contributed by atoms with van der Waals surface area (Å²) >= 11 is 13.7. The lowest BCUT2D eigenvalue weighted by molar-refractivity contribution is -0.123. The van der Waals surface area contributed by atoms with Crippen LogP contribution < -0.4 is 9.80 Å². The number of carbonyl (C=O) groups is 2. The van der Waals surface area contributed by atoms with Crippen LogP contribution in [0.1, 0.15) is 17.5 Å². The zero-order chi connectivity index (χ0) is 18.1. The van der Waals surface area contributed by atoms with Gasteiger partial charge in [-0.3, -0.25) is 14.5 Å². The Hall–Kier alpha value is -1.69. The van der Waals surface area contributed by atoms with E-state index in [-0.39, 0.29) is 17.6 Å². The smallest absolute Gasteiger partial charge is 0.268 e. The first-order chi connectivity index (χ1) is 12.5. The molecule has 0 aromatic heterocycles. The third-order valence-corrected chi connectivity index (χ3v) is 7.01. The van der Waals surface area contributed by atoms with Gasteiger partial charge in [-0.1, -0.05) is 41.4 Å². The summed E-state index contributed by atoms with van der Waals surface area (Å²) in [5.41, 5.74) is 3.60. The number of halogens is 2. The molecule has 0 bridgehead atoms. The Morgan fingerprint density at radius 1 is 1.08 bits per heavy atom. The molecule has 2 amide bonds.